The molecule has 0 aliphatic carbocycles. The van der Waals surface area contributed by atoms with E-state index in [1.807, 2.05) is 36.4 Å². The minimum Gasteiger partial charge on any atom is -0.455 e. The van der Waals surface area contributed by atoms with Crippen LogP contribution in [0.4, 0.5) is 5.69 Å². The van der Waals surface area contributed by atoms with Gasteiger partial charge in [-0.1, -0.05) is 18.2 Å². The molecular weight excluding hydrogens is 419 g/mol. The highest BCUT2D eigenvalue weighted by atomic mass is 127. The largest absolute Gasteiger partial charge is 0.455 e. The van der Waals surface area contributed by atoms with Crippen LogP contribution in [-0.2, 0) is 11.3 Å². The highest BCUT2D eigenvalue weighted by Gasteiger charge is 2.16. The molecule has 0 saturated carbocycles. The van der Waals surface area contributed by atoms with E-state index in [1.54, 1.807) is 19.1 Å². The topological polar surface area (TPSA) is 78.4 Å². The Labute approximate surface area is 153 Å². The number of ether oxygens (including phenoxy) is 1. The molecule has 1 aromatic heterocycles. The van der Waals surface area contributed by atoms with E-state index in [9.17, 15) is 4.79 Å². The van der Waals surface area contributed by atoms with Crippen molar-refractivity contribution in [2.24, 2.45) is 0 Å². The van der Waals surface area contributed by atoms with Crippen LogP contribution in [0.2, 0.25) is 0 Å². The van der Waals surface area contributed by atoms with Crippen molar-refractivity contribution in [3.8, 4) is 11.5 Å². The second kappa shape index (κ2) is 7.04. The molecule has 2 aromatic carbocycles. The molecule has 0 bridgehead atoms. The van der Waals surface area contributed by atoms with Crippen molar-refractivity contribution in [2.75, 3.05) is 5.73 Å². The Balaban J connectivity index is 1.74. The third kappa shape index (κ3) is 3.59. The predicted octanol–water partition coefficient (Wildman–Crippen LogP) is 4.19. The van der Waals surface area contributed by atoms with Gasteiger partial charge in [-0.2, -0.15) is 0 Å². The molecule has 24 heavy (non-hydrogen) atoms. The molecule has 0 saturated heterocycles. The Bertz CT molecular complexity index is 875. The molecule has 0 aliphatic heterocycles. The van der Waals surface area contributed by atoms with Gasteiger partial charge in [-0.05, 0) is 59.8 Å². The van der Waals surface area contributed by atoms with Crippen LogP contribution in [0.15, 0.2) is 52.9 Å². The Kier molecular flexibility index (Phi) is 4.84. The second-order valence-electron chi connectivity index (χ2n) is 5.20. The highest BCUT2D eigenvalue weighted by molar-refractivity contribution is 14.1. The molecule has 3 rings (SSSR count). The summed E-state index contributed by atoms with van der Waals surface area (Å²) in [6.07, 6.45) is 0. The number of aryl methyl sites for hydroxylation is 1. The number of carbonyl (C=O) groups is 1. The van der Waals surface area contributed by atoms with Crippen molar-refractivity contribution >= 4 is 34.2 Å². The summed E-state index contributed by atoms with van der Waals surface area (Å²) in [4.78, 5) is 16.6. The molecular formula is C18H15IN2O3. The average Bonchev–Trinajstić information content (AvgIpc) is 2.96. The van der Waals surface area contributed by atoms with Crippen LogP contribution in [0.5, 0.6) is 0 Å². The zero-order valence-electron chi connectivity index (χ0n) is 13.0. The van der Waals surface area contributed by atoms with E-state index in [0.717, 1.165) is 9.13 Å². The van der Waals surface area contributed by atoms with Crippen molar-refractivity contribution in [2.45, 2.75) is 13.5 Å². The summed E-state index contributed by atoms with van der Waals surface area (Å²) in [7, 11) is 0. The van der Waals surface area contributed by atoms with Gasteiger partial charge in [0.2, 0.25) is 5.89 Å². The fourth-order valence-electron chi connectivity index (χ4n) is 2.18. The lowest BCUT2D eigenvalue weighted by atomic mass is 10.2. The second-order valence-corrected chi connectivity index (χ2v) is 6.44. The van der Waals surface area contributed by atoms with Gasteiger partial charge in [0, 0.05) is 14.8 Å². The number of anilines is 1. The number of benzene rings is 2. The summed E-state index contributed by atoms with van der Waals surface area (Å²) in [5, 5.41) is 0. The number of nitrogens with zero attached hydrogens (tertiary/aromatic N) is 1. The lowest BCUT2D eigenvalue weighted by Crippen LogP contribution is -2.09. The fourth-order valence-corrected chi connectivity index (χ4v) is 2.67. The van der Waals surface area contributed by atoms with Crippen LogP contribution in [-0.4, -0.2) is 11.0 Å². The summed E-state index contributed by atoms with van der Waals surface area (Å²) in [6, 6.07) is 14.8. The number of halogens is 1. The number of rotatable bonds is 4. The predicted molar refractivity (Wildman–Crippen MR) is 99.4 cm³/mol. The van der Waals surface area contributed by atoms with E-state index in [-0.39, 0.29) is 6.61 Å². The third-order valence-corrected chi connectivity index (χ3v) is 4.16. The molecule has 0 aliphatic rings. The SMILES string of the molecule is Cc1oc(-c2ccccc2)nc1COC(=O)c1cc(I)ccc1N. The lowest BCUT2D eigenvalue weighted by Gasteiger charge is -2.06. The first-order chi connectivity index (χ1) is 11.5. The number of hydrogen-bond donors (Lipinski definition) is 1. The summed E-state index contributed by atoms with van der Waals surface area (Å²) >= 11 is 2.12. The van der Waals surface area contributed by atoms with Crippen molar-refractivity contribution in [1.82, 2.24) is 4.98 Å². The first-order valence-electron chi connectivity index (χ1n) is 7.28. The monoisotopic (exact) mass is 434 g/mol. The molecule has 6 heteroatoms. The lowest BCUT2D eigenvalue weighted by molar-refractivity contribution is 0.0468. The van der Waals surface area contributed by atoms with Crippen LogP contribution in [0.25, 0.3) is 11.5 Å². The smallest absolute Gasteiger partial charge is 0.340 e. The van der Waals surface area contributed by atoms with Crippen LogP contribution in [0.1, 0.15) is 21.8 Å². The first kappa shape index (κ1) is 16.5. The number of aromatic nitrogens is 1. The fraction of sp³-hybridized carbons (Fsp3) is 0.111. The molecule has 122 valence electrons. The van der Waals surface area contributed by atoms with Gasteiger partial charge in [0.1, 0.15) is 18.1 Å². The molecule has 0 atom stereocenters. The van der Waals surface area contributed by atoms with Crippen LogP contribution in [0.3, 0.4) is 0 Å². The van der Waals surface area contributed by atoms with Gasteiger partial charge < -0.3 is 14.9 Å². The van der Waals surface area contributed by atoms with E-state index in [2.05, 4.69) is 27.6 Å². The maximum Gasteiger partial charge on any atom is 0.340 e. The number of esters is 1. The number of oxazole rings is 1. The minimum atomic E-state index is -0.477. The molecule has 2 N–H and O–H groups in total. The quantitative estimate of drug-likeness (QED) is 0.379. The Morgan fingerprint density at radius 3 is 2.75 bits per heavy atom. The van der Waals surface area contributed by atoms with Gasteiger partial charge >= 0.3 is 5.97 Å². The summed E-state index contributed by atoms with van der Waals surface area (Å²) < 4.78 is 11.9. The molecule has 0 radical (unpaired) electrons. The maximum absolute atomic E-state index is 12.2. The van der Waals surface area contributed by atoms with E-state index in [4.69, 9.17) is 14.9 Å². The highest BCUT2D eigenvalue weighted by Crippen LogP contribution is 2.22. The molecule has 0 unspecified atom stereocenters. The molecule has 5 nitrogen and oxygen atoms in total. The van der Waals surface area contributed by atoms with Gasteiger partial charge in [0.25, 0.3) is 0 Å². The molecule has 0 fully saturated rings. The van der Waals surface area contributed by atoms with Gasteiger partial charge in [-0.25, -0.2) is 9.78 Å². The van der Waals surface area contributed by atoms with Crippen LogP contribution >= 0.6 is 22.6 Å². The summed E-state index contributed by atoms with van der Waals surface area (Å²) in [5.41, 5.74) is 8.04. The van der Waals surface area contributed by atoms with Gasteiger partial charge in [0.05, 0.1) is 5.56 Å². The number of nitrogens with two attached hydrogens (primary N) is 1. The molecule has 0 spiro atoms. The number of carbonyl (C=O) groups excluding carboxylic acids is 1. The van der Waals surface area contributed by atoms with E-state index >= 15 is 0 Å². The zero-order valence-corrected chi connectivity index (χ0v) is 15.1. The van der Waals surface area contributed by atoms with Gasteiger partial charge in [0.15, 0.2) is 0 Å². The Morgan fingerprint density at radius 2 is 2.00 bits per heavy atom. The van der Waals surface area contributed by atoms with E-state index in [1.165, 1.54) is 0 Å². The van der Waals surface area contributed by atoms with Crippen molar-refractivity contribution in [1.29, 1.82) is 0 Å². The van der Waals surface area contributed by atoms with Crippen molar-refractivity contribution in [3.05, 3.63) is 69.1 Å². The molecule has 1 heterocycles. The normalized spacial score (nSPS) is 10.6. The Hall–Kier alpha value is -2.35. The van der Waals surface area contributed by atoms with E-state index in [0.29, 0.717) is 28.6 Å². The number of hydrogen-bond acceptors (Lipinski definition) is 5. The van der Waals surface area contributed by atoms with Gasteiger partial charge in [-0.15, -0.1) is 0 Å². The van der Waals surface area contributed by atoms with Crippen LogP contribution in [0, 0.1) is 10.5 Å². The molecule has 3 aromatic rings. The van der Waals surface area contributed by atoms with Crippen LogP contribution < -0.4 is 5.73 Å². The van der Waals surface area contributed by atoms with E-state index < -0.39 is 5.97 Å². The summed E-state index contributed by atoms with van der Waals surface area (Å²) in [5.74, 6) is 0.653. The van der Waals surface area contributed by atoms with Crippen molar-refractivity contribution in [3.63, 3.8) is 0 Å². The first-order valence-corrected chi connectivity index (χ1v) is 8.36. The Morgan fingerprint density at radius 1 is 1.25 bits per heavy atom. The average molecular weight is 434 g/mol. The molecule has 0 amide bonds. The minimum absolute atomic E-state index is 0.0336. The van der Waals surface area contributed by atoms with Gasteiger partial charge in [-0.3, -0.25) is 0 Å². The summed E-state index contributed by atoms with van der Waals surface area (Å²) in [6.45, 7) is 1.83. The number of nitrogen functional groups attached to an aromatic ring is 1. The third-order valence-electron chi connectivity index (χ3n) is 3.49. The van der Waals surface area contributed by atoms with Crippen molar-refractivity contribution < 1.29 is 13.9 Å². The standard InChI is InChI=1S/C18H15IN2O3/c1-11-16(21-17(24-11)12-5-3-2-4-6-12)10-23-18(22)14-9-13(19)7-8-15(14)20/h2-9H,10,20H2,1H3. The maximum atomic E-state index is 12.2. The zero-order chi connectivity index (χ0) is 17.1.